The molecule has 0 heterocycles. The molecule has 2 rings (SSSR count). The molecule has 0 aliphatic heterocycles. The Morgan fingerprint density at radius 1 is 0.867 bits per heavy atom. The van der Waals surface area contributed by atoms with Crippen LogP contribution in [0, 0.1) is 0 Å². The summed E-state index contributed by atoms with van der Waals surface area (Å²) in [5, 5.41) is 0. The van der Waals surface area contributed by atoms with Crippen molar-refractivity contribution in [1.29, 1.82) is 0 Å². The lowest BCUT2D eigenvalue weighted by Crippen LogP contribution is -2.12. The van der Waals surface area contributed by atoms with Gasteiger partial charge in [0.15, 0.2) is 0 Å². The summed E-state index contributed by atoms with van der Waals surface area (Å²) in [5.74, 6) is 0. The van der Waals surface area contributed by atoms with E-state index in [4.69, 9.17) is 0 Å². The van der Waals surface area contributed by atoms with Gasteiger partial charge in [-0.1, -0.05) is 39.0 Å². The molecule has 0 unspecified atom stereocenters. The molecule has 88 valence electrons. The molecule has 2 aliphatic carbocycles. The van der Waals surface area contributed by atoms with E-state index in [1.54, 1.807) is 57.5 Å². The molecule has 0 aromatic carbocycles. The van der Waals surface area contributed by atoms with Crippen LogP contribution < -0.4 is 0 Å². The van der Waals surface area contributed by atoms with Crippen molar-refractivity contribution in [2.75, 3.05) is 6.16 Å². The van der Waals surface area contributed by atoms with Gasteiger partial charge in [0.25, 0.3) is 0 Å². The summed E-state index contributed by atoms with van der Waals surface area (Å²) >= 11 is 0. The van der Waals surface area contributed by atoms with Gasteiger partial charge in [-0.15, -0.1) is 7.92 Å². The van der Waals surface area contributed by atoms with Gasteiger partial charge in [0.1, 0.15) is 0 Å². The minimum Gasteiger partial charge on any atom is -0.100 e. The highest BCUT2D eigenvalue weighted by Gasteiger charge is 2.31. The maximum absolute atomic E-state index is 2.36. The summed E-state index contributed by atoms with van der Waals surface area (Å²) in [6.45, 7) is 2.36. The minimum absolute atomic E-state index is 0.431. The fraction of sp³-hybridized carbons (Fsp3) is 1.00. The largest absolute Gasteiger partial charge is 0.100 e. The Morgan fingerprint density at radius 2 is 1.33 bits per heavy atom. The van der Waals surface area contributed by atoms with Gasteiger partial charge >= 0.3 is 0 Å². The van der Waals surface area contributed by atoms with Crippen LogP contribution in [0.5, 0.6) is 0 Å². The van der Waals surface area contributed by atoms with Crippen LogP contribution in [-0.4, -0.2) is 17.5 Å². The monoisotopic (exact) mass is 226 g/mol. The average Bonchev–Trinajstić information content (AvgIpc) is 2.90. The second-order valence-corrected chi connectivity index (χ2v) is 8.40. The minimum atomic E-state index is 0.431. The molecule has 0 nitrogen and oxygen atoms in total. The fourth-order valence-corrected chi connectivity index (χ4v) is 7.54. The number of hydrogen-bond donors (Lipinski definition) is 0. The first-order chi connectivity index (χ1) is 7.42. The second kappa shape index (κ2) is 6.24. The van der Waals surface area contributed by atoms with E-state index in [0.717, 1.165) is 0 Å². The molecule has 1 heteroatoms. The zero-order chi connectivity index (χ0) is 10.5. The topological polar surface area (TPSA) is 0 Å². The predicted molar refractivity (Wildman–Crippen MR) is 71.2 cm³/mol. The molecule has 2 saturated carbocycles. The Kier molecular flexibility index (Phi) is 4.95. The first kappa shape index (κ1) is 11.9. The van der Waals surface area contributed by atoms with E-state index in [1.165, 1.54) is 24.2 Å². The van der Waals surface area contributed by atoms with Crippen LogP contribution in [0.15, 0.2) is 0 Å². The van der Waals surface area contributed by atoms with Gasteiger partial charge in [-0.05, 0) is 49.6 Å². The van der Waals surface area contributed by atoms with E-state index < -0.39 is 0 Å². The van der Waals surface area contributed by atoms with Crippen LogP contribution in [0.2, 0.25) is 0 Å². The molecule has 15 heavy (non-hydrogen) atoms. The van der Waals surface area contributed by atoms with Crippen LogP contribution in [-0.2, 0) is 0 Å². The van der Waals surface area contributed by atoms with Gasteiger partial charge in [-0.3, -0.25) is 0 Å². The van der Waals surface area contributed by atoms with Crippen LogP contribution >= 0.6 is 7.92 Å². The number of unbranched alkanes of at least 4 members (excludes halogenated alkanes) is 1. The maximum atomic E-state index is 2.36. The van der Waals surface area contributed by atoms with Gasteiger partial charge < -0.3 is 0 Å². The third kappa shape index (κ3) is 3.19. The molecule has 0 spiro atoms. The zero-order valence-corrected chi connectivity index (χ0v) is 11.3. The van der Waals surface area contributed by atoms with Gasteiger partial charge in [0.05, 0.1) is 0 Å². The van der Waals surface area contributed by atoms with Gasteiger partial charge in [-0.25, -0.2) is 0 Å². The van der Waals surface area contributed by atoms with Gasteiger partial charge in [0.2, 0.25) is 0 Å². The van der Waals surface area contributed by atoms with Crippen molar-refractivity contribution in [1.82, 2.24) is 0 Å². The molecule has 0 bridgehead atoms. The summed E-state index contributed by atoms with van der Waals surface area (Å²) in [7, 11) is 0.431. The molecule has 0 amide bonds. The lowest BCUT2D eigenvalue weighted by molar-refractivity contribution is 0.803. The standard InChI is InChI=1S/C14H27P/c1-2-3-12-15(13-8-4-5-9-13)14-10-6-7-11-14/h13-14H,2-12H2,1H3. The van der Waals surface area contributed by atoms with Crippen LogP contribution in [0.1, 0.15) is 71.1 Å². The number of rotatable bonds is 5. The third-order valence-corrected chi connectivity index (χ3v) is 8.10. The van der Waals surface area contributed by atoms with Crippen LogP contribution in [0.4, 0.5) is 0 Å². The molecule has 2 aliphatic rings. The Bertz CT molecular complexity index is 150. The second-order valence-electron chi connectivity index (χ2n) is 5.47. The van der Waals surface area contributed by atoms with E-state index in [2.05, 4.69) is 6.92 Å². The van der Waals surface area contributed by atoms with Crippen molar-refractivity contribution >= 4 is 7.92 Å². The van der Waals surface area contributed by atoms with Gasteiger partial charge in [0, 0.05) is 0 Å². The van der Waals surface area contributed by atoms with E-state index in [0.29, 0.717) is 7.92 Å². The molecular weight excluding hydrogens is 199 g/mol. The number of hydrogen-bond acceptors (Lipinski definition) is 0. The normalized spacial score (nSPS) is 24.4. The van der Waals surface area contributed by atoms with Crippen molar-refractivity contribution in [3.05, 3.63) is 0 Å². The highest BCUT2D eigenvalue weighted by molar-refractivity contribution is 7.59. The van der Waals surface area contributed by atoms with Gasteiger partial charge in [-0.2, -0.15) is 0 Å². The molecule has 0 saturated heterocycles. The summed E-state index contributed by atoms with van der Waals surface area (Å²) in [6.07, 6.45) is 17.1. The molecule has 0 aromatic rings. The SMILES string of the molecule is CCCCP(C1CCCC1)C1CCCC1. The Labute approximate surface area is 97.0 Å². The first-order valence-electron chi connectivity index (χ1n) is 7.17. The Morgan fingerprint density at radius 3 is 1.73 bits per heavy atom. The lowest BCUT2D eigenvalue weighted by Gasteiger charge is -2.30. The smallest absolute Gasteiger partial charge is 0.0207 e. The van der Waals surface area contributed by atoms with Crippen molar-refractivity contribution in [2.24, 2.45) is 0 Å². The van der Waals surface area contributed by atoms with Crippen molar-refractivity contribution < 1.29 is 0 Å². The quantitative estimate of drug-likeness (QED) is 0.568. The van der Waals surface area contributed by atoms with Crippen LogP contribution in [0.25, 0.3) is 0 Å². The maximum Gasteiger partial charge on any atom is -0.0207 e. The Balaban J connectivity index is 1.88. The van der Waals surface area contributed by atoms with E-state index in [1.807, 2.05) is 0 Å². The van der Waals surface area contributed by atoms with Crippen LogP contribution in [0.3, 0.4) is 0 Å². The predicted octanol–water partition coefficient (Wildman–Crippen LogP) is 5.15. The zero-order valence-electron chi connectivity index (χ0n) is 10.4. The summed E-state index contributed by atoms with van der Waals surface area (Å²) in [5.41, 5.74) is 2.38. The highest BCUT2D eigenvalue weighted by Crippen LogP contribution is 2.57. The van der Waals surface area contributed by atoms with Crippen molar-refractivity contribution in [3.63, 3.8) is 0 Å². The molecule has 0 atom stereocenters. The molecule has 0 radical (unpaired) electrons. The molecule has 0 aromatic heterocycles. The summed E-state index contributed by atoms with van der Waals surface area (Å²) in [4.78, 5) is 0. The highest BCUT2D eigenvalue weighted by atomic mass is 31.1. The average molecular weight is 226 g/mol. The van der Waals surface area contributed by atoms with Crippen molar-refractivity contribution in [3.8, 4) is 0 Å². The molecule has 0 N–H and O–H groups in total. The van der Waals surface area contributed by atoms with E-state index in [9.17, 15) is 0 Å². The molecule has 2 fully saturated rings. The summed E-state index contributed by atoms with van der Waals surface area (Å²) < 4.78 is 0. The third-order valence-electron chi connectivity index (χ3n) is 4.36. The lowest BCUT2D eigenvalue weighted by atomic mass is 10.3. The first-order valence-corrected chi connectivity index (χ1v) is 8.84. The summed E-state index contributed by atoms with van der Waals surface area (Å²) in [6, 6.07) is 0. The van der Waals surface area contributed by atoms with E-state index >= 15 is 0 Å². The fourth-order valence-electron chi connectivity index (χ4n) is 3.48. The van der Waals surface area contributed by atoms with E-state index in [-0.39, 0.29) is 0 Å². The Hall–Kier alpha value is 0.430. The molecular formula is C14H27P. The van der Waals surface area contributed by atoms with Crippen molar-refractivity contribution in [2.45, 2.75) is 82.4 Å².